The smallest absolute Gasteiger partial charge is 0.227 e. The summed E-state index contributed by atoms with van der Waals surface area (Å²) in [5.74, 6) is 0.932. The molecule has 1 atom stereocenters. The standard InChI is InChI=1S/C16H24N2O2/c1-3-16(4-2,11-17)15(19)18-13-9-10-20-14-8-6-5-7-12(13)14/h5-8,13H,3-4,9-11,17H2,1-2H3,(H,18,19). The first-order chi connectivity index (χ1) is 9.66. The van der Waals surface area contributed by atoms with Crippen LogP contribution < -0.4 is 15.8 Å². The number of fused-ring (bicyclic) bond motifs is 1. The van der Waals surface area contributed by atoms with Gasteiger partial charge in [0, 0.05) is 18.5 Å². The second-order valence-corrected chi connectivity index (χ2v) is 5.39. The molecule has 1 amide bonds. The van der Waals surface area contributed by atoms with Crippen molar-refractivity contribution in [1.29, 1.82) is 0 Å². The maximum absolute atomic E-state index is 12.6. The molecular weight excluding hydrogens is 252 g/mol. The molecule has 0 fully saturated rings. The van der Waals surface area contributed by atoms with Crippen LogP contribution in [0.25, 0.3) is 0 Å². The molecule has 1 heterocycles. The van der Waals surface area contributed by atoms with E-state index >= 15 is 0 Å². The summed E-state index contributed by atoms with van der Waals surface area (Å²) in [6, 6.07) is 7.91. The summed E-state index contributed by atoms with van der Waals surface area (Å²) < 4.78 is 5.62. The molecule has 4 nitrogen and oxygen atoms in total. The van der Waals surface area contributed by atoms with Gasteiger partial charge in [-0.15, -0.1) is 0 Å². The molecule has 0 radical (unpaired) electrons. The molecule has 0 aliphatic carbocycles. The summed E-state index contributed by atoms with van der Waals surface area (Å²) in [6.45, 7) is 5.06. The molecule has 0 saturated carbocycles. The number of rotatable bonds is 5. The zero-order valence-corrected chi connectivity index (χ0v) is 12.3. The predicted octanol–water partition coefficient (Wildman–Crippen LogP) is 2.39. The summed E-state index contributed by atoms with van der Waals surface area (Å²) in [4.78, 5) is 12.6. The van der Waals surface area contributed by atoms with Crippen LogP contribution in [0.2, 0.25) is 0 Å². The molecule has 1 aliphatic rings. The summed E-state index contributed by atoms with van der Waals surface area (Å²) in [5.41, 5.74) is 6.45. The zero-order valence-electron chi connectivity index (χ0n) is 12.3. The molecule has 1 aromatic rings. The van der Waals surface area contributed by atoms with Gasteiger partial charge in [0.25, 0.3) is 0 Å². The van der Waals surface area contributed by atoms with Gasteiger partial charge >= 0.3 is 0 Å². The third kappa shape index (κ3) is 2.66. The highest BCUT2D eigenvalue weighted by molar-refractivity contribution is 5.83. The van der Waals surface area contributed by atoms with Crippen LogP contribution in [0.5, 0.6) is 5.75 Å². The molecule has 110 valence electrons. The van der Waals surface area contributed by atoms with Crippen molar-refractivity contribution in [2.24, 2.45) is 11.1 Å². The highest BCUT2D eigenvalue weighted by atomic mass is 16.5. The lowest BCUT2D eigenvalue weighted by atomic mass is 9.81. The zero-order chi connectivity index (χ0) is 14.6. The second-order valence-electron chi connectivity index (χ2n) is 5.39. The van der Waals surface area contributed by atoms with Crippen LogP contribution in [0.1, 0.15) is 44.7 Å². The third-order valence-corrected chi connectivity index (χ3v) is 4.49. The molecule has 1 aromatic carbocycles. The van der Waals surface area contributed by atoms with Gasteiger partial charge in [-0.25, -0.2) is 0 Å². The SMILES string of the molecule is CCC(CC)(CN)C(=O)NC1CCOc2ccccc21. The number of nitrogens with two attached hydrogens (primary N) is 1. The van der Waals surface area contributed by atoms with E-state index in [-0.39, 0.29) is 11.9 Å². The first kappa shape index (κ1) is 14.9. The van der Waals surface area contributed by atoms with Crippen molar-refractivity contribution >= 4 is 5.91 Å². The maximum Gasteiger partial charge on any atom is 0.227 e. The number of carbonyl (C=O) groups is 1. The number of carbonyl (C=O) groups excluding carboxylic acids is 1. The Morgan fingerprint density at radius 3 is 2.75 bits per heavy atom. The van der Waals surface area contributed by atoms with E-state index in [0.717, 1.165) is 30.6 Å². The molecule has 4 heteroatoms. The van der Waals surface area contributed by atoms with Crippen molar-refractivity contribution in [2.75, 3.05) is 13.2 Å². The van der Waals surface area contributed by atoms with Gasteiger partial charge in [-0.05, 0) is 18.9 Å². The Morgan fingerprint density at radius 1 is 1.40 bits per heavy atom. The Balaban J connectivity index is 2.17. The molecule has 1 aliphatic heterocycles. The van der Waals surface area contributed by atoms with E-state index in [2.05, 4.69) is 5.32 Å². The molecule has 0 bridgehead atoms. The van der Waals surface area contributed by atoms with Crippen molar-refractivity contribution in [3.05, 3.63) is 29.8 Å². The molecule has 0 spiro atoms. The number of hydrogen-bond acceptors (Lipinski definition) is 3. The van der Waals surface area contributed by atoms with Crippen LogP contribution in [0, 0.1) is 5.41 Å². The van der Waals surface area contributed by atoms with Crippen molar-refractivity contribution in [2.45, 2.75) is 39.2 Å². The van der Waals surface area contributed by atoms with Gasteiger partial charge in [-0.1, -0.05) is 32.0 Å². The third-order valence-electron chi connectivity index (χ3n) is 4.49. The number of nitrogens with one attached hydrogen (secondary N) is 1. The van der Waals surface area contributed by atoms with Crippen LogP contribution in [0.3, 0.4) is 0 Å². The first-order valence-electron chi connectivity index (χ1n) is 7.39. The number of ether oxygens (including phenoxy) is 1. The van der Waals surface area contributed by atoms with Crippen molar-refractivity contribution in [1.82, 2.24) is 5.32 Å². The van der Waals surface area contributed by atoms with E-state index in [4.69, 9.17) is 10.5 Å². The highest BCUT2D eigenvalue weighted by Crippen LogP contribution is 2.33. The minimum absolute atomic E-state index is 0.0245. The van der Waals surface area contributed by atoms with Gasteiger partial charge in [0.2, 0.25) is 5.91 Å². The van der Waals surface area contributed by atoms with Crippen molar-refractivity contribution in [3.8, 4) is 5.75 Å². The van der Waals surface area contributed by atoms with Gasteiger partial charge in [-0.3, -0.25) is 4.79 Å². The average molecular weight is 276 g/mol. The topological polar surface area (TPSA) is 64.4 Å². The Bertz CT molecular complexity index is 461. The fraction of sp³-hybridized carbons (Fsp3) is 0.562. The predicted molar refractivity (Wildman–Crippen MR) is 79.5 cm³/mol. The monoisotopic (exact) mass is 276 g/mol. The quantitative estimate of drug-likeness (QED) is 0.868. The van der Waals surface area contributed by atoms with Crippen LogP contribution in [-0.4, -0.2) is 19.1 Å². The Kier molecular flexibility index (Phi) is 4.65. The highest BCUT2D eigenvalue weighted by Gasteiger charge is 2.35. The van der Waals surface area contributed by atoms with Crippen LogP contribution in [0.4, 0.5) is 0 Å². The summed E-state index contributed by atoms with van der Waals surface area (Å²) in [7, 11) is 0. The lowest BCUT2D eigenvalue weighted by Gasteiger charge is -2.33. The number of amides is 1. The summed E-state index contributed by atoms with van der Waals surface area (Å²) in [5, 5.41) is 3.17. The lowest BCUT2D eigenvalue weighted by Crippen LogP contribution is -2.47. The van der Waals surface area contributed by atoms with E-state index in [1.807, 2.05) is 38.1 Å². The van der Waals surface area contributed by atoms with E-state index < -0.39 is 5.41 Å². The summed E-state index contributed by atoms with van der Waals surface area (Å²) >= 11 is 0. The number of benzene rings is 1. The first-order valence-corrected chi connectivity index (χ1v) is 7.39. The number of hydrogen-bond donors (Lipinski definition) is 2. The van der Waals surface area contributed by atoms with E-state index in [9.17, 15) is 4.79 Å². The Labute approximate surface area is 120 Å². The molecule has 2 rings (SSSR count). The fourth-order valence-corrected chi connectivity index (χ4v) is 2.76. The van der Waals surface area contributed by atoms with Crippen molar-refractivity contribution in [3.63, 3.8) is 0 Å². The molecule has 3 N–H and O–H groups in total. The van der Waals surface area contributed by atoms with Crippen LogP contribution in [-0.2, 0) is 4.79 Å². The normalized spacial score (nSPS) is 18.1. The van der Waals surface area contributed by atoms with Crippen LogP contribution in [0.15, 0.2) is 24.3 Å². The van der Waals surface area contributed by atoms with Crippen LogP contribution >= 0.6 is 0 Å². The summed E-state index contributed by atoms with van der Waals surface area (Å²) in [6.07, 6.45) is 2.32. The minimum atomic E-state index is -0.451. The fourth-order valence-electron chi connectivity index (χ4n) is 2.76. The molecular formula is C16H24N2O2. The van der Waals surface area contributed by atoms with Crippen molar-refractivity contribution < 1.29 is 9.53 Å². The average Bonchev–Trinajstić information content (AvgIpc) is 2.50. The van der Waals surface area contributed by atoms with E-state index in [0.29, 0.717) is 13.2 Å². The second kappa shape index (κ2) is 6.27. The van der Waals surface area contributed by atoms with Gasteiger partial charge < -0.3 is 15.8 Å². The Hall–Kier alpha value is -1.55. The van der Waals surface area contributed by atoms with E-state index in [1.165, 1.54) is 0 Å². The van der Waals surface area contributed by atoms with Gasteiger partial charge in [0.1, 0.15) is 5.75 Å². The largest absolute Gasteiger partial charge is 0.493 e. The van der Waals surface area contributed by atoms with Gasteiger partial charge in [0.05, 0.1) is 18.1 Å². The van der Waals surface area contributed by atoms with E-state index in [1.54, 1.807) is 0 Å². The lowest BCUT2D eigenvalue weighted by molar-refractivity contribution is -0.132. The molecule has 0 aromatic heterocycles. The Morgan fingerprint density at radius 2 is 2.10 bits per heavy atom. The van der Waals surface area contributed by atoms with Gasteiger partial charge in [-0.2, -0.15) is 0 Å². The minimum Gasteiger partial charge on any atom is -0.493 e. The molecule has 20 heavy (non-hydrogen) atoms. The van der Waals surface area contributed by atoms with Gasteiger partial charge in [0.15, 0.2) is 0 Å². The maximum atomic E-state index is 12.6. The molecule has 0 saturated heterocycles. The number of para-hydroxylation sites is 1. The molecule has 1 unspecified atom stereocenters.